The SMILES string of the molecule is NC(=S)Cc1ccccc1C(=O)NCCO. The summed E-state index contributed by atoms with van der Waals surface area (Å²) >= 11 is 4.82. The third-order valence-electron chi connectivity index (χ3n) is 2.02. The number of hydrogen-bond donors (Lipinski definition) is 3. The van der Waals surface area contributed by atoms with Gasteiger partial charge in [0.15, 0.2) is 0 Å². The molecular formula is C11H14N2O2S. The molecule has 0 spiro atoms. The number of carbonyl (C=O) groups is 1. The first-order chi connectivity index (χ1) is 7.65. The molecule has 0 fully saturated rings. The van der Waals surface area contributed by atoms with Crippen molar-refractivity contribution in [2.75, 3.05) is 13.2 Å². The zero-order chi connectivity index (χ0) is 12.0. The Morgan fingerprint density at radius 1 is 1.44 bits per heavy atom. The normalized spacial score (nSPS) is 9.81. The number of aliphatic hydroxyl groups is 1. The van der Waals surface area contributed by atoms with Gasteiger partial charge in [-0.15, -0.1) is 0 Å². The third-order valence-corrected chi connectivity index (χ3v) is 2.17. The molecule has 0 aliphatic heterocycles. The smallest absolute Gasteiger partial charge is 0.251 e. The lowest BCUT2D eigenvalue weighted by atomic mass is 10.0. The van der Waals surface area contributed by atoms with Gasteiger partial charge in [-0.3, -0.25) is 4.79 Å². The predicted octanol–water partition coefficient (Wildman–Crippen LogP) is 0.237. The molecule has 86 valence electrons. The lowest BCUT2D eigenvalue weighted by molar-refractivity contribution is 0.0944. The number of carbonyl (C=O) groups excluding carboxylic acids is 1. The van der Waals surface area contributed by atoms with Crippen molar-refractivity contribution in [2.24, 2.45) is 5.73 Å². The average molecular weight is 238 g/mol. The van der Waals surface area contributed by atoms with E-state index in [9.17, 15) is 4.79 Å². The van der Waals surface area contributed by atoms with Gasteiger partial charge in [-0.05, 0) is 11.6 Å². The molecule has 1 aromatic rings. The second kappa shape index (κ2) is 6.19. The van der Waals surface area contributed by atoms with Gasteiger partial charge in [0.05, 0.1) is 11.6 Å². The highest BCUT2D eigenvalue weighted by atomic mass is 32.1. The number of aliphatic hydroxyl groups excluding tert-OH is 1. The van der Waals surface area contributed by atoms with Gasteiger partial charge in [-0.2, -0.15) is 0 Å². The van der Waals surface area contributed by atoms with E-state index in [1.54, 1.807) is 12.1 Å². The largest absolute Gasteiger partial charge is 0.395 e. The lowest BCUT2D eigenvalue weighted by Gasteiger charge is -2.08. The molecule has 1 rings (SSSR count). The molecule has 0 unspecified atom stereocenters. The molecular weight excluding hydrogens is 224 g/mol. The Kier molecular flexibility index (Phi) is 4.88. The standard InChI is InChI=1S/C11H14N2O2S/c12-10(16)7-8-3-1-2-4-9(8)11(15)13-5-6-14/h1-4,14H,5-7H2,(H2,12,16)(H,13,15). The lowest BCUT2D eigenvalue weighted by Crippen LogP contribution is -2.27. The third kappa shape index (κ3) is 3.60. The van der Waals surface area contributed by atoms with E-state index in [1.165, 1.54) is 0 Å². The van der Waals surface area contributed by atoms with Gasteiger partial charge in [-0.1, -0.05) is 30.4 Å². The van der Waals surface area contributed by atoms with E-state index in [0.29, 0.717) is 17.0 Å². The molecule has 4 N–H and O–H groups in total. The van der Waals surface area contributed by atoms with Crippen LogP contribution in [0.1, 0.15) is 15.9 Å². The maximum Gasteiger partial charge on any atom is 0.251 e. The Bertz CT molecular complexity index is 393. The average Bonchev–Trinajstić information content (AvgIpc) is 2.26. The van der Waals surface area contributed by atoms with E-state index in [-0.39, 0.29) is 19.1 Å². The predicted molar refractivity (Wildman–Crippen MR) is 66.4 cm³/mol. The van der Waals surface area contributed by atoms with Crippen LogP contribution in [0.4, 0.5) is 0 Å². The maximum atomic E-state index is 11.7. The maximum absolute atomic E-state index is 11.7. The number of hydrogen-bond acceptors (Lipinski definition) is 3. The van der Waals surface area contributed by atoms with E-state index in [1.807, 2.05) is 12.1 Å². The molecule has 0 radical (unpaired) electrons. The van der Waals surface area contributed by atoms with E-state index in [4.69, 9.17) is 23.1 Å². The fourth-order valence-electron chi connectivity index (χ4n) is 1.35. The van der Waals surface area contributed by atoms with Gasteiger partial charge in [-0.25, -0.2) is 0 Å². The highest BCUT2D eigenvalue weighted by Crippen LogP contribution is 2.09. The van der Waals surface area contributed by atoms with Crippen LogP contribution in [-0.2, 0) is 6.42 Å². The highest BCUT2D eigenvalue weighted by molar-refractivity contribution is 7.80. The molecule has 0 aromatic heterocycles. The molecule has 0 bridgehead atoms. The molecule has 4 nitrogen and oxygen atoms in total. The van der Waals surface area contributed by atoms with E-state index in [2.05, 4.69) is 5.32 Å². The summed E-state index contributed by atoms with van der Waals surface area (Å²) < 4.78 is 0. The second-order valence-electron chi connectivity index (χ2n) is 3.28. The van der Waals surface area contributed by atoms with Crippen molar-refractivity contribution < 1.29 is 9.90 Å². The summed E-state index contributed by atoms with van der Waals surface area (Å²) in [6, 6.07) is 7.13. The Labute approximate surface area is 99.5 Å². The van der Waals surface area contributed by atoms with Crippen LogP contribution in [0.25, 0.3) is 0 Å². The quantitative estimate of drug-likeness (QED) is 0.642. The summed E-state index contributed by atoms with van der Waals surface area (Å²) in [5, 5.41) is 11.2. The molecule has 1 aromatic carbocycles. The van der Waals surface area contributed by atoms with Crippen LogP contribution >= 0.6 is 12.2 Å². The van der Waals surface area contributed by atoms with Crippen molar-refractivity contribution in [3.8, 4) is 0 Å². The Morgan fingerprint density at radius 2 is 2.12 bits per heavy atom. The van der Waals surface area contributed by atoms with Gasteiger partial charge in [0, 0.05) is 18.5 Å². The molecule has 0 saturated heterocycles. The van der Waals surface area contributed by atoms with Crippen LogP contribution in [0.2, 0.25) is 0 Å². The Balaban J connectivity index is 2.85. The zero-order valence-electron chi connectivity index (χ0n) is 8.77. The molecule has 0 aliphatic carbocycles. The van der Waals surface area contributed by atoms with Crippen molar-refractivity contribution in [3.05, 3.63) is 35.4 Å². The van der Waals surface area contributed by atoms with Crippen LogP contribution in [-0.4, -0.2) is 29.2 Å². The molecule has 16 heavy (non-hydrogen) atoms. The molecule has 0 aliphatic rings. The first-order valence-electron chi connectivity index (χ1n) is 4.90. The van der Waals surface area contributed by atoms with Crippen molar-refractivity contribution in [1.29, 1.82) is 0 Å². The summed E-state index contributed by atoms with van der Waals surface area (Å²) in [7, 11) is 0. The Hall–Kier alpha value is -1.46. The minimum Gasteiger partial charge on any atom is -0.395 e. The minimum absolute atomic E-state index is 0.0802. The van der Waals surface area contributed by atoms with Gasteiger partial charge in [0.25, 0.3) is 5.91 Å². The van der Waals surface area contributed by atoms with Crippen LogP contribution in [0, 0.1) is 0 Å². The van der Waals surface area contributed by atoms with Crippen LogP contribution < -0.4 is 11.1 Å². The van der Waals surface area contributed by atoms with E-state index in [0.717, 1.165) is 5.56 Å². The topological polar surface area (TPSA) is 75.4 Å². The number of amides is 1. The summed E-state index contributed by atoms with van der Waals surface area (Å²) in [5.74, 6) is -0.221. The zero-order valence-corrected chi connectivity index (χ0v) is 9.59. The monoisotopic (exact) mass is 238 g/mol. The second-order valence-corrected chi connectivity index (χ2v) is 3.80. The number of thiocarbonyl (C=S) groups is 1. The van der Waals surface area contributed by atoms with Gasteiger partial charge in [0.1, 0.15) is 0 Å². The number of rotatable bonds is 5. The molecule has 0 heterocycles. The molecule has 1 amide bonds. The summed E-state index contributed by atoms with van der Waals surface area (Å²) in [6.07, 6.45) is 0.401. The number of benzene rings is 1. The number of nitrogens with one attached hydrogen (secondary N) is 1. The summed E-state index contributed by atoms with van der Waals surface area (Å²) in [4.78, 5) is 12.0. The van der Waals surface area contributed by atoms with Crippen LogP contribution in [0.15, 0.2) is 24.3 Å². The van der Waals surface area contributed by atoms with E-state index >= 15 is 0 Å². The molecule has 0 saturated carbocycles. The van der Waals surface area contributed by atoms with Gasteiger partial charge in [0.2, 0.25) is 0 Å². The summed E-state index contributed by atoms with van der Waals surface area (Å²) in [5.41, 5.74) is 6.80. The highest BCUT2D eigenvalue weighted by Gasteiger charge is 2.10. The van der Waals surface area contributed by atoms with Crippen molar-refractivity contribution in [2.45, 2.75) is 6.42 Å². The van der Waals surface area contributed by atoms with E-state index < -0.39 is 0 Å². The van der Waals surface area contributed by atoms with Crippen LogP contribution in [0.3, 0.4) is 0 Å². The minimum atomic E-state index is -0.221. The Morgan fingerprint density at radius 3 is 2.75 bits per heavy atom. The van der Waals surface area contributed by atoms with Crippen LogP contribution in [0.5, 0.6) is 0 Å². The van der Waals surface area contributed by atoms with Crippen molar-refractivity contribution in [1.82, 2.24) is 5.32 Å². The van der Waals surface area contributed by atoms with Gasteiger partial charge >= 0.3 is 0 Å². The fourth-order valence-corrected chi connectivity index (χ4v) is 1.50. The molecule has 5 heteroatoms. The fraction of sp³-hybridized carbons (Fsp3) is 0.273. The van der Waals surface area contributed by atoms with Gasteiger partial charge < -0.3 is 16.2 Å². The number of nitrogens with two attached hydrogens (primary N) is 1. The summed E-state index contributed by atoms with van der Waals surface area (Å²) in [6.45, 7) is 0.156. The molecule has 0 atom stereocenters. The van der Waals surface area contributed by atoms with Crippen molar-refractivity contribution >= 4 is 23.1 Å². The van der Waals surface area contributed by atoms with Crippen molar-refractivity contribution in [3.63, 3.8) is 0 Å². The first-order valence-corrected chi connectivity index (χ1v) is 5.31. The first kappa shape index (κ1) is 12.6.